The summed E-state index contributed by atoms with van der Waals surface area (Å²) in [6.07, 6.45) is 6.63. The molecule has 3 heteroatoms. The molecule has 86 valence electrons. The molecule has 0 aliphatic carbocycles. The lowest BCUT2D eigenvalue weighted by Crippen LogP contribution is -2.36. The molecule has 2 nitrogen and oxygen atoms in total. The molecule has 0 saturated heterocycles. The van der Waals surface area contributed by atoms with Gasteiger partial charge in [-0.05, 0) is 31.2 Å². The molecular weight excluding hydrogens is 204 g/mol. The van der Waals surface area contributed by atoms with Gasteiger partial charge in [-0.25, -0.2) is 0 Å². The number of thioether (sulfide) groups is 1. The van der Waals surface area contributed by atoms with Gasteiger partial charge in [0.25, 0.3) is 0 Å². The standard InChI is InChI=1S/C12H22N2S/c1-4-12(5-2,15-3)10-13-9-11-7-6-8-14-11/h6-8,13-14H,4-5,9-10H2,1-3H3. The van der Waals surface area contributed by atoms with Gasteiger partial charge in [-0.15, -0.1) is 0 Å². The van der Waals surface area contributed by atoms with Crippen LogP contribution in [0.15, 0.2) is 18.3 Å². The fraction of sp³-hybridized carbons (Fsp3) is 0.667. The van der Waals surface area contributed by atoms with Crippen LogP contribution in [0.5, 0.6) is 0 Å². The molecule has 0 radical (unpaired) electrons. The third kappa shape index (κ3) is 3.58. The van der Waals surface area contributed by atoms with Gasteiger partial charge in [-0.1, -0.05) is 13.8 Å². The average Bonchev–Trinajstić information content (AvgIpc) is 2.78. The number of nitrogens with one attached hydrogen (secondary N) is 2. The fourth-order valence-corrected chi connectivity index (χ4v) is 2.59. The van der Waals surface area contributed by atoms with Crippen LogP contribution in [0.1, 0.15) is 32.4 Å². The van der Waals surface area contributed by atoms with Gasteiger partial charge in [-0.3, -0.25) is 0 Å². The maximum absolute atomic E-state index is 3.53. The molecule has 15 heavy (non-hydrogen) atoms. The molecule has 0 amide bonds. The summed E-state index contributed by atoms with van der Waals surface area (Å²) in [6.45, 7) is 6.57. The van der Waals surface area contributed by atoms with E-state index >= 15 is 0 Å². The Bertz CT molecular complexity index is 244. The van der Waals surface area contributed by atoms with Crippen molar-refractivity contribution in [3.63, 3.8) is 0 Å². The molecule has 2 N–H and O–H groups in total. The highest BCUT2D eigenvalue weighted by atomic mass is 32.2. The molecule has 0 spiro atoms. The summed E-state index contributed by atoms with van der Waals surface area (Å²) >= 11 is 1.98. The first-order valence-electron chi connectivity index (χ1n) is 5.64. The monoisotopic (exact) mass is 226 g/mol. The van der Waals surface area contributed by atoms with E-state index in [2.05, 4.69) is 36.5 Å². The zero-order valence-electron chi connectivity index (χ0n) is 9.97. The predicted octanol–water partition coefficient (Wildman–Crippen LogP) is 3.03. The molecule has 0 saturated carbocycles. The average molecular weight is 226 g/mol. The van der Waals surface area contributed by atoms with Gasteiger partial charge in [0.1, 0.15) is 0 Å². The Morgan fingerprint density at radius 1 is 1.40 bits per heavy atom. The maximum atomic E-state index is 3.53. The number of aromatic nitrogens is 1. The molecule has 0 aromatic carbocycles. The second-order valence-electron chi connectivity index (χ2n) is 3.89. The van der Waals surface area contributed by atoms with Gasteiger partial charge >= 0.3 is 0 Å². The highest BCUT2D eigenvalue weighted by Crippen LogP contribution is 2.29. The van der Waals surface area contributed by atoms with Crippen molar-refractivity contribution in [2.24, 2.45) is 0 Å². The van der Waals surface area contributed by atoms with E-state index < -0.39 is 0 Å². The number of aromatic amines is 1. The van der Waals surface area contributed by atoms with E-state index in [1.165, 1.54) is 18.5 Å². The molecule has 0 unspecified atom stereocenters. The lowest BCUT2D eigenvalue weighted by Gasteiger charge is -2.29. The van der Waals surface area contributed by atoms with Crippen LogP contribution in [-0.4, -0.2) is 22.5 Å². The first kappa shape index (κ1) is 12.7. The summed E-state index contributed by atoms with van der Waals surface area (Å²) in [6, 6.07) is 4.16. The summed E-state index contributed by atoms with van der Waals surface area (Å²) < 4.78 is 0.409. The summed E-state index contributed by atoms with van der Waals surface area (Å²) in [4.78, 5) is 3.21. The largest absolute Gasteiger partial charge is 0.364 e. The zero-order chi connectivity index (χ0) is 11.1. The highest BCUT2D eigenvalue weighted by Gasteiger charge is 2.23. The third-order valence-corrected chi connectivity index (χ3v) is 4.73. The van der Waals surface area contributed by atoms with E-state index in [9.17, 15) is 0 Å². The fourth-order valence-electron chi connectivity index (χ4n) is 1.76. The number of hydrogen-bond acceptors (Lipinski definition) is 2. The molecule has 1 aromatic heterocycles. The van der Waals surface area contributed by atoms with Gasteiger partial charge < -0.3 is 10.3 Å². The van der Waals surface area contributed by atoms with Crippen molar-refractivity contribution >= 4 is 11.8 Å². The summed E-state index contributed by atoms with van der Waals surface area (Å²) in [5.74, 6) is 0. The summed E-state index contributed by atoms with van der Waals surface area (Å²) in [5, 5.41) is 3.53. The van der Waals surface area contributed by atoms with E-state index in [1.807, 2.05) is 24.0 Å². The first-order chi connectivity index (χ1) is 7.26. The van der Waals surface area contributed by atoms with Gasteiger partial charge in [0, 0.05) is 29.7 Å². The van der Waals surface area contributed by atoms with Crippen molar-refractivity contribution in [2.45, 2.75) is 38.0 Å². The van der Waals surface area contributed by atoms with Crippen molar-refractivity contribution in [1.29, 1.82) is 0 Å². The smallest absolute Gasteiger partial charge is 0.0357 e. The van der Waals surface area contributed by atoms with Crippen molar-refractivity contribution in [3.8, 4) is 0 Å². The topological polar surface area (TPSA) is 27.8 Å². The van der Waals surface area contributed by atoms with Crippen LogP contribution in [0.25, 0.3) is 0 Å². The molecule has 0 fully saturated rings. The molecule has 0 aliphatic rings. The highest BCUT2D eigenvalue weighted by molar-refractivity contribution is 8.00. The van der Waals surface area contributed by atoms with Crippen molar-refractivity contribution in [3.05, 3.63) is 24.0 Å². The van der Waals surface area contributed by atoms with Crippen LogP contribution in [0, 0.1) is 0 Å². The Hall–Kier alpha value is -0.410. The van der Waals surface area contributed by atoms with Gasteiger partial charge in [0.15, 0.2) is 0 Å². The molecule has 1 aromatic rings. The van der Waals surface area contributed by atoms with Crippen LogP contribution in [0.4, 0.5) is 0 Å². The van der Waals surface area contributed by atoms with Gasteiger partial charge in [-0.2, -0.15) is 11.8 Å². The van der Waals surface area contributed by atoms with E-state index in [0.29, 0.717) is 4.75 Å². The quantitative estimate of drug-likeness (QED) is 0.748. The van der Waals surface area contributed by atoms with E-state index in [0.717, 1.165) is 13.1 Å². The number of H-pyrrole nitrogens is 1. The second-order valence-corrected chi connectivity index (χ2v) is 5.17. The Balaban J connectivity index is 2.34. The van der Waals surface area contributed by atoms with Crippen molar-refractivity contribution in [2.75, 3.05) is 12.8 Å². The minimum atomic E-state index is 0.409. The molecule has 1 heterocycles. The van der Waals surface area contributed by atoms with Crippen LogP contribution in [0.3, 0.4) is 0 Å². The normalized spacial score (nSPS) is 11.9. The zero-order valence-corrected chi connectivity index (χ0v) is 10.8. The lowest BCUT2D eigenvalue weighted by molar-refractivity contribution is 0.493. The van der Waals surface area contributed by atoms with Crippen molar-refractivity contribution < 1.29 is 0 Å². The second kappa shape index (κ2) is 6.23. The van der Waals surface area contributed by atoms with Crippen LogP contribution < -0.4 is 5.32 Å². The summed E-state index contributed by atoms with van der Waals surface area (Å²) in [7, 11) is 0. The third-order valence-electron chi connectivity index (χ3n) is 3.15. The maximum Gasteiger partial charge on any atom is 0.0357 e. The van der Waals surface area contributed by atoms with Gasteiger partial charge in [0.2, 0.25) is 0 Å². The number of rotatable bonds is 7. The Morgan fingerprint density at radius 3 is 2.60 bits per heavy atom. The Kier molecular flexibility index (Phi) is 5.26. The van der Waals surface area contributed by atoms with E-state index in [1.54, 1.807) is 0 Å². The van der Waals surface area contributed by atoms with Gasteiger partial charge in [0.05, 0.1) is 0 Å². The number of hydrogen-bond donors (Lipinski definition) is 2. The van der Waals surface area contributed by atoms with Crippen LogP contribution >= 0.6 is 11.8 Å². The molecule has 0 bridgehead atoms. The Morgan fingerprint density at radius 2 is 2.13 bits per heavy atom. The predicted molar refractivity (Wildman–Crippen MR) is 69.3 cm³/mol. The minimum Gasteiger partial charge on any atom is -0.364 e. The molecule has 0 aliphatic heterocycles. The Labute approximate surface area is 97.2 Å². The van der Waals surface area contributed by atoms with Crippen LogP contribution in [0.2, 0.25) is 0 Å². The SMILES string of the molecule is CCC(CC)(CNCc1ccc[nH]1)SC. The molecular formula is C12H22N2S. The minimum absolute atomic E-state index is 0.409. The van der Waals surface area contributed by atoms with E-state index in [-0.39, 0.29) is 0 Å². The van der Waals surface area contributed by atoms with Crippen molar-refractivity contribution in [1.82, 2.24) is 10.3 Å². The van der Waals surface area contributed by atoms with Crippen LogP contribution in [-0.2, 0) is 6.54 Å². The molecule has 1 rings (SSSR count). The first-order valence-corrected chi connectivity index (χ1v) is 6.87. The van der Waals surface area contributed by atoms with E-state index in [4.69, 9.17) is 0 Å². The summed E-state index contributed by atoms with van der Waals surface area (Å²) in [5.41, 5.74) is 1.26. The molecule has 0 atom stereocenters. The lowest BCUT2D eigenvalue weighted by atomic mass is 10.0.